The summed E-state index contributed by atoms with van der Waals surface area (Å²) in [6.45, 7) is 5.24. The molecule has 0 unspecified atom stereocenters. The van der Waals surface area contributed by atoms with Crippen molar-refractivity contribution in [3.63, 3.8) is 0 Å². The van der Waals surface area contributed by atoms with Crippen LogP contribution < -0.4 is 10.6 Å². The molecule has 21 heavy (non-hydrogen) atoms. The summed E-state index contributed by atoms with van der Waals surface area (Å²) in [5, 5.41) is 5.72. The first kappa shape index (κ1) is 15.1. The van der Waals surface area contributed by atoms with E-state index in [9.17, 15) is 9.59 Å². The zero-order valence-electron chi connectivity index (χ0n) is 11.5. The minimum absolute atomic E-state index is 0.0960. The summed E-state index contributed by atoms with van der Waals surface area (Å²) in [7, 11) is 0. The largest absolute Gasteiger partial charge is 0.458 e. The molecule has 0 aliphatic carbocycles. The maximum atomic E-state index is 12.2. The number of halogens is 1. The molecule has 2 rings (SSSR count). The number of allylic oxidation sites excluding steroid dienone is 1. The van der Waals surface area contributed by atoms with Gasteiger partial charge in [-0.2, -0.15) is 0 Å². The molecule has 0 fully saturated rings. The zero-order valence-corrected chi connectivity index (χ0v) is 12.2. The molecule has 110 valence electrons. The highest BCUT2D eigenvalue weighted by Gasteiger charge is 2.33. The fraction of sp³-hybridized carbons (Fsp3) is 0.200. The first-order chi connectivity index (χ1) is 10.0. The Morgan fingerprint density at radius 3 is 2.86 bits per heavy atom. The molecule has 1 atom stereocenters. The Hall–Kier alpha value is -2.27. The number of hydrogen-bond donors (Lipinski definition) is 2. The molecule has 0 aromatic heterocycles. The fourth-order valence-electron chi connectivity index (χ4n) is 2.12. The smallest absolute Gasteiger partial charge is 0.338 e. The van der Waals surface area contributed by atoms with Gasteiger partial charge in [0.2, 0.25) is 0 Å². The Bertz CT molecular complexity index is 625. The molecule has 0 bridgehead atoms. The van der Waals surface area contributed by atoms with Crippen molar-refractivity contribution in [1.82, 2.24) is 10.6 Å². The minimum Gasteiger partial charge on any atom is -0.458 e. The third-order valence-electron chi connectivity index (χ3n) is 3.04. The van der Waals surface area contributed by atoms with Gasteiger partial charge >= 0.3 is 12.0 Å². The molecule has 0 saturated carbocycles. The van der Waals surface area contributed by atoms with Gasteiger partial charge < -0.3 is 15.4 Å². The lowest BCUT2D eigenvalue weighted by Gasteiger charge is -2.28. The van der Waals surface area contributed by atoms with E-state index in [1.165, 1.54) is 6.08 Å². The van der Waals surface area contributed by atoms with Gasteiger partial charge in [0.05, 0.1) is 11.6 Å². The fourth-order valence-corrected chi connectivity index (χ4v) is 2.36. The van der Waals surface area contributed by atoms with Gasteiger partial charge in [0.25, 0.3) is 0 Å². The van der Waals surface area contributed by atoms with Gasteiger partial charge in [-0.25, -0.2) is 9.59 Å². The number of nitrogens with one attached hydrogen (secondary N) is 2. The monoisotopic (exact) mass is 306 g/mol. The predicted octanol–water partition coefficient (Wildman–Crippen LogP) is 2.70. The van der Waals surface area contributed by atoms with Gasteiger partial charge in [-0.3, -0.25) is 0 Å². The van der Waals surface area contributed by atoms with Gasteiger partial charge in [-0.15, -0.1) is 0 Å². The van der Waals surface area contributed by atoms with Crippen molar-refractivity contribution in [2.24, 2.45) is 0 Å². The number of esters is 1. The molecule has 1 aromatic rings. The number of hydrogen-bond acceptors (Lipinski definition) is 3. The first-order valence-electron chi connectivity index (χ1n) is 6.35. The number of ether oxygens (including phenoxy) is 1. The van der Waals surface area contributed by atoms with Crippen LogP contribution in [0.3, 0.4) is 0 Å². The molecular weight excluding hydrogens is 292 g/mol. The normalized spacial score (nSPS) is 17.8. The third-order valence-corrected chi connectivity index (χ3v) is 3.38. The summed E-state index contributed by atoms with van der Waals surface area (Å²) < 4.78 is 5.08. The van der Waals surface area contributed by atoms with Gasteiger partial charge in [-0.05, 0) is 18.6 Å². The molecule has 1 aliphatic heterocycles. The van der Waals surface area contributed by atoms with Crippen LogP contribution in [0.1, 0.15) is 18.5 Å². The van der Waals surface area contributed by atoms with Gasteiger partial charge in [-0.1, -0.05) is 42.5 Å². The average molecular weight is 307 g/mol. The second kappa shape index (κ2) is 6.45. The zero-order chi connectivity index (χ0) is 15.4. The number of benzene rings is 1. The van der Waals surface area contributed by atoms with Crippen molar-refractivity contribution in [3.8, 4) is 0 Å². The number of amides is 2. The Labute approximate surface area is 127 Å². The lowest BCUT2D eigenvalue weighted by molar-refractivity contribution is -0.138. The van der Waals surface area contributed by atoms with Crippen LogP contribution in [0.5, 0.6) is 0 Å². The number of urea groups is 1. The highest BCUT2D eigenvalue weighted by atomic mass is 35.5. The summed E-state index contributed by atoms with van der Waals surface area (Å²) >= 11 is 6.16. The van der Waals surface area contributed by atoms with Crippen LogP contribution in [0.4, 0.5) is 4.79 Å². The standard InChI is InChI=1S/C15H15ClN2O3/c1-3-8-21-14(19)12-9(2)17-15(20)18-13(12)10-6-4-5-7-11(10)16/h3-7,13H,1,8H2,2H3,(H2,17,18,20)/t13-/m1/s1. The molecule has 1 aromatic carbocycles. The van der Waals surface area contributed by atoms with E-state index in [-0.39, 0.29) is 6.61 Å². The highest BCUT2D eigenvalue weighted by Crippen LogP contribution is 2.31. The Morgan fingerprint density at radius 1 is 1.48 bits per heavy atom. The maximum absolute atomic E-state index is 12.2. The molecule has 0 radical (unpaired) electrons. The van der Waals surface area contributed by atoms with Crippen LogP contribution in [0.2, 0.25) is 5.02 Å². The summed E-state index contributed by atoms with van der Waals surface area (Å²) in [4.78, 5) is 23.9. The second-order valence-electron chi connectivity index (χ2n) is 4.48. The topological polar surface area (TPSA) is 67.4 Å². The van der Waals surface area contributed by atoms with E-state index < -0.39 is 18.0 Å². The molecule has 2 N–H and O–H groups in total. The van der Waals surface area contributed by atoms with Gasteiger partial charge in [0.15, 0.2) is 0 Å². The molecule has 0 spiro atoms. The van der Waals surface area contributed by atoms with Crippen LogP contribution in [0, 0.1) is 0 Å². The van der Waals surface area contributed by atoms with E-state index in [1.807, 2.05) is 0 Å². The van der Waals surface area contributed by atoms with Crippen molar-refractivity contribution in [3.05, 3.63) is 58.8 Å². The van der Waals surface area contributed by atoms with Crippen molar-refractivity contribution in [2.75, 3.05) is 6.61 Å². The van der Waals surface area contributed by atoms with E-state index >= 15 is 0 Å². The minimum atomic E-state index is -0.648. The Kier molecular flexibility index (Phi) is 4.65. The van der Waals surface area contributed by atoms with E-state index in [0.29, 0.717) is 21.9 Å². The maximum Gasteiger partial charge on any atom is 0.338 e. The summed E-state index contributed by atoms with van der Waals surface area (Å²) in [5.74, 6) is -0.523. The lowest BCUT2D eigenvalue weighted by Crippen LogP contribution is -2.45. The second-order valence-corrected chi connectivity index (χ2v) is 4.89. The van der Waals surface area contributed by atoms with Crippen molar-refractivity contribution < 1.29 is 14.3 Å². The summed E-state index contributed by atoms with van der Waals surface area (Å²) in [5.41, 5.74) is 1.40. The average Bonchev–Trinajstić information content (AvgIpc) is 2.44. The number of carbonyl (C=O) groups is 2. The van der Waals surface area contributed by atoms with Gasteiger partial charge in [0.1, 0.15) is 6.61 Å². The number of rotatable bonds is 4. The van der Waals surface area contributed by atoms with Crippen LogP contribution in [-0.4, -0.2) is 18.6 Å². The van der Waals surface area contributed by atoms with E-state index in [4.69, 9.17) is 16.3 Å². The van der Waals surface area contributed by atoms with Crippen LogP contribution in [0.25, 0.3) is 0 Å². The molecule has 6 heteroatoms. The van der Waals surface area contributed by atoms with E-state index in [2.05, 4.69) is 17.2 Å². The Balaban J connectivity index is 2.43. The van der Waals surface area contributed by atoms with Crippen LogP contribution in [0.15, 0.2) is 48.2 Å². The van der Waals surface area contributed by atoms with Crippen LogP contribution in [-0.2, 0) is 9.53 Å². The molecule has 2 amide bonds. The molecule has 1 aliphatic rings. The van der Waals surface area contributed by atoms with Gasteiger partial charge in [0, 0.05) is 10.7 Å². The molecule has 1 heterocycles. The van der Waals surface area contributed by atoms with E-state index in [1.54, 1.807) is 31.2 Å². The summed E-state index contributed by atoms with van der Waals surface area (Å²) in [6, 6.07) is 5.99. The van der Waals surface area contributed by atoms with Crippen molar-refractivity contribution in [1.29, 1.82) is 0 Å². The first-order valence-corrected chi connectivity index (χ1v) is 6.73. The van der Waals surface area contributed by atoms with E-state index in [0.717, 1.165) is 0 Å². The third kappa shape index (κ3) is 3.25. The molecule has 0 saturated heterocycles. The summed E-state index contributed by atoms with van der Waals surface area (Å²) in [6.07, 6.45) is 1.48. The molecule has 5 nitrogen and oxygen atoms in total. The highest BCUT2D eigenvalue weighted by molar-refractivity contribution is 6.31. The molecular formula is C15H15ClN2O3. The Morgan fingerprint density at radius 2 is 2.19 bits per heavy atom. The van der Waals surface area contributed by atoms with Crippen molar-refractivity contribution in [2.45, 2.75) is 13.0 Å². The quantitative estimate of drug-likeness (QED) is 0.664. The van der Waals surface area contributed by atoms with Crippen LogP contribution >= 0.6 is 11.6 Å². The predicted molar refractivity (Wildman–Crippen MR) is 79.7 cm³/mol. The number of carbonyl (C=O) groups excluding carboxylic acids is 2. The SMILES string of the molecule is C=CCOC(=O)C1=C(C)NC(=O)N[C@@H]1c1ccccc1Cl. The lowest BCUT2D eigenvalue weighted by atomic mass is 9.95. The van der Waals surface area contributed by atoms with Crippen molar-refractivity contribution >= 4 is 23.6 Å².